The van der Waals surface area contributed by atoms with Crippen molar-refractivity contribution in [1.29, 1.82) is 0 Å². The lowest BCUT2D eigenvalue weighted by Crippen LogP contribution is -2.26. The Morgan fingerprint density at radius 1 is 1.37 bits per heavy atom. The molecule has 0 saturated heterocycles. The molecule has 0 aliphatic rings. The molecular formula is C14H14BrNO2S. The van der Waals surface area contributed by atoms with Gasteiger partial charge in [0.2, 0.25) is 0 Å². The minimum atomic E-state index is -0.149. The Bertz CT molecular complexity index is 595. The van der Waals surface area contributed by atoms with Gasteiger partial charge in [-0.15, -0.1) is 11.3 Å². The molecular weight excluding hydrogens is 326 g/mol. The van der Waals surface area contributed by atoms with Crippen molar-refractivity contribution in [3.8, 4) is 5.75 Å². The fourth-order valence-electron chi connectivity index (χ4n) is 1.75. The van der Waals surface area contributed by atoms with Gasteiger partial charge in [0, 0.05) is 22.5 Å². The van der Waals surface area contributed by atoms with Crippen molar-refractivity contribution in [2.45, 2.75) is 13.3 Å². The van der Waals surface area contributed by atoms with Crippen molar-refractivity contribution in [2.24, 2.45) is 0 Å². The summed E-state index contributed by atoms with van der Waals surface area (Å²) in [7, 11) is 0. The molecule has 100 valence electrons. The minimum Gasteiger partial charge on any atom is -0.508 e. The molecule has 2 rings (SSSR count). The highest BCUT2D eigenvalue weighted by Gasteiger charge is 2.10. The maximum Gasteiger partial charge on any atom is 0.251 e. The predicted molar refractivity (Wildman–Crippen MR) is 80.9 cm³/mol. The summed E-state index contributed by atoms with van der Waals surface area (Å²) in [6, 6.07) is 9.01. The summed E-state index contributed by atoms with van der Waals surface area (Å²) in [6.07, 6.45) is 0.805. The van der Waals surface area contributed by atoms with Crippen LogP contribution in [0.4, 0.5) is 0 Å². The lowest BCUT2D eigenvalue weighted by atomic mass is 10.1. The van der Waals surface area contributed by atoms with Gasteiger partial charge in [-0.3, -0.25) is 4.79 Å². The number of benzene rings is 1. The molecule has 1 aromatic carbocycles. The van der Waals surface area contributed by atoms with Gasteiger partial charge in [0.25, 0.3) is 5.91 Å². The number of halogens is 1. The molecule has 0 aliphatic carbocycles. The van der Waals surface area contributed by atoms with Gasteiger partial charge in [0.05, 0.1) is 3.79 Å². The zero-order chi connectivity index (χ0) is 13.8. The van der Waals surface area contributed by atoms with Crippen LogP contribution in [0.15, 0.2) is 34.1 Å². The molecule has 1 aromatic heterocycles. The third kappa shape index (κ3) is 3.58. The molecule has 2 aromatic rings. The van der Waals surface area contributed by atoms with Gasteiger partial charge in [-0.05, 0) is 53.5 Å². The van der Waals surface area contributed by atoms with Gasteiger partial charge in [0.15, 0.2) is 0 Å². The fraction of sp³-hybridized carbons (Fsp3) is 0.214. The highest BCUT2D eigenvalue weighted by Crippen LogP contribution is 2.22. The first-order chi connectivity index (χ1) is 9.08. The molecule has 0 fully saturated rings. The second kappa shape index (κ2) is 6.21. The third-order valence-corrected chi connectivity index (χ3v) is 4.52. The van der Waals surface area contributed by atoms with Gasteiger partial charge < -0.3 is 10.4 Å². The standard InChI is InChI=1S/C14H14BrNO2S/c1-9-11(3-2-4-12(9)17)14(18)16-8-7-10-5-6-13(15)19-10/h2-6,17H,7-8H2,1H3,(H,16,18). The van der Waals surface area contributed by atoms with E-state index < -0.39 is 0 Å². The van der Waals surface area contributed by atoms with Crippen molar-refractivity contribution in [1.82, 2.24) is 5.32 Å². The Hall–Kier alpha value is -1.33. The molecule has 0 unspecified atom stereocenters. The molecule has 0 atom stereocenters. The first-order valence-electron chi connectivity index (χ1n) is 5.89. The number of nitrogens with one attached hydrogen (secondary N) is 1. The number of hydrogen-bond donors (Lipinski definition) is 2. The fourth-order valence-corrected chi connectivity index (χ4v) is 3.23. The minimum absolute atomic E-state index is 0.148. The molecule has 0 spiro atoms. The number of phenolic OH excluding ortho intramolecular Hbond substituents is 1. The summed E-state index contributed by atoms with van der Waals surface area (Å²) < 4.78 is 1.10. The maximum absolute atomic E-state index is 12.0. The molecule has 3 nitrogen and oxygen atoms in total. The van der Waals surface area contributed by atoms with E-state index in [1.807, 2.05) is 12.1 Å². The van der Waals surface area contributed by atoms with Crippen molar-refractivity contribution < 1.29 is 9.90 Å². The smallest absolute Gasteiger partial charge is 0.251 e. The monoisotopic (exact) mass is 339 g/mol. The molecule has 2 N–H and O–H groups in total. The largest absolute Gasteiger partial charge is 0.508 e. The first kappa shape index (κ1) is 14.1. The van der Waals surface area contributed by atoms with Crippen LogP contribution in [0.5, 0.6) is 5.75 Å². The second-order valence-electron chi connectivity index (χ2n) is 4.16. The molecule has 1 heterocycles. The van der Waals surface area contributed by atoms with Crippen LogP contribution < -0.4 is 5.32 Å². The Balaban J connectivity index is 1.93. The summed E-state index contributed by atoms with van der Waals surface area (Å²) in [4.78, 5) is 13.2. The van der Waals surface area contributed by atoms with Crippen LogP contribution in [0.2, 0.25) is 0 Å². The number of aromatic hydroxyl groups is 1. The molecule has 0 radical (unpaired) electrons. The first-order valence-corrected chi connectivity index (χ1v) is 7.50. The van der Waals surface area contributed by atoms with Gasteiger partial charge in [0.1, 0.15) is 5.75 Å². The number of carbonyl (C=O) groups is 1. The van der Waals surface area contributed by atoms with Crippen molar-refractivity contribution in [3.63, 3.8) is 0 Å². The van der Waals surface area contributed by atoms with Crippen LogP contribution >= 0.6 is 27.3 Å². The number of carbonyl (C=O) groups excluding carboxylic acids is 1. The summed E-state index contributed by atoms with van der Waals surface area (Å²) >= 11 is 5.08. The molecule has 19 heavy (non-hydrogen) atoms. The van der Waals surface area contributed by atoms with E-state index in [0.29, 0.717) is 17.7 Å². The molecule has 5 heteroatoms. The van der Waals surface area contributed by atoms with Gasteiger partial charge in [-0.2, -0.15) is 0 Å². The van der Waals surface area contributed by atoms with Gasteiger partial charge in [-0.25, -0.2) is 0 Å². The van der Waals surface area contributed by atoms with Gasteiger partial charge >= 0.3 is 0 Å². The van der Waals surface area contributed by atoms with E-state index >= 15 is 0 Å². The predicted octanol–water partition coefficient (Wildman–Crippen LogP) is 3.50. The number of hydrogen-bond acceptors (Lipinski definition) is 3. The lowest BCUT2D eigenvalue weighted by molar-refractivity contribution is 0.0953. The van der Waals surface area contributed by atoms with Crippen LogP contribution in [0.25, 0.3) is 0 Å². The van der Waals surface area contributed by atoms with E-state index in [0.717, 1.165) is 10.2 Å². The van der Waals surface area contributed by atoms with Gasteiger partial charge in [-0.1, -0.05) is 6.07 Å². The molecule has 1 amide bonds. The van der Waals surface area contributed by atoms with Crippen molar-refractivity contribution in [2.75, 3.05) is 6.54 Å². The number of amides is 1. The Morgan fingerprint density at radius 3 is 2.84 bits per heavy atom. The highest BCUT2D eigenvalue weighted by molar-refractivity contribution is 9.11. The van der Waals surface area contributed by atoms with Crippen LogP contribution in [-0.2, 0) is 6.42 Å². The van der Waals surface area contributed by atoms with Crippen LogP contribution in [0.3, 0.4) is 0 Å². The topological polar surface area (TPSA) is 49.3 Å². The number of thiophene rings is 1. The quantitative estimate of drug-likeness (QED) is 0.895. The SMILES string of the molecule is Cc1c(O)cccc1C(=O)NCCc1ccc(Br)s1. The van der Waals surface area contributed by atoms with Crippen LogP contribution in [0.1, 0.15) is 20.8 Å². The second-order valence-corrected chi connectivity index (χ2v) is 6.71. The van der Waals surface area contributed by atoms with Crippen molar-refractivity contribution in [3.05, 3.63) is 50.1 Å². The van der Waals surface area contributed by atoms with E-state index in [1.54, 1.807) is 36.5 Å². The Kier molecular flexibility index (Phi) is 4.61. The van der Waals surface area contributed by atoms with Crippen LogP contribution in [0, 0.1) is 6.92 Å². The van der Waals surface area contributed by atoms with E-state index in [-0.39, 0.29) is 11.7 Å². The summed E-state index contributed by atoms with van der Waals surface area (Å²) in [5.74, 6) is -0.00106. The van der Waals surface area contributed by atoms with Crippen LogP contribution in [-0.4, -0.2) is 17.6 Å². The molecule has 0 aliphatic heterocycles. The van der Waals surface area contributed by atoms with Crippen molar-refractivity contribution >= 4 is 33.2 Å². The summed E-state index contributed by atoms with van der Waals surface area (Å²) in [5.41, 5.74) is 1.13. The average Bonchev–Trinajstić information content (AvgIpc) is 2.78. The highest BCUT2D eigenvalue weighted by atomic mass is 79.9. The Morgan fingerprint density at radius 2 is 2.16 bits per heavy atom. The van der Waals surface area contributed by atoms with E-state index in [1.165, 1.54) is 4.88 Å². The summed E-state index contributed by atoms with van der Waals surface area (Å²) in [5, 5.41) is 12.4. The normalized spacial score (nSPS) is 10.4. The Labute approximate surface area is 124 Å². The maximum atomic E-state index is 12.0. The zero-order valence-corrected chi connectivity index (χ0v) is 12.8. The number of rotatable bonds is 4. The lowest BCUT2D eigenvalue weighted by Gasteiger charge is -2.08. The van der Waals surface area contributed by atoms with E-state index in [2.05, 4.69) is 21.2 Å². The van der Waals surface area contributed by atoms with E-state index in [4.69, 9.17) is 0 Å². The summed E-state index contributed by atoms with van der Waals surface area (Å²) in [6.45, 7) is 2.32. The average molecular weight is 340 g/mol. The zero-order valence-electron chi connectivity index (χ0n) is 10.4. The van der Waals surface area contributed by atoms with E-state index in [9.17, 15) is 9.90 Å². The molecule has 0 bridgehead atoms. The molecule has 0 saturated carbocycles. The number of phenols is 1. The third-order valence-electron chi connectivity index (χ3n) is 2.84.